The van der Waals surface area contributed by atoms with E-state index in [2.05, 4.69) is 49.6 Å². The molecule has 2 heterocycles. The van der Waals surface area contributed by atoms with E-state index in [-0.39, 0.29) is 29.6 Å². The molecule has 1 aliphatic heterocycles. The van der Waals surface area contributed by atoms with Crippen LogP contribution in [0.3, 0.4) is 0 Å². The predicted octanol–water partition coefficient (Wildman–Crippen LogP) is 2.34. The van der Waals surface area contributed by atoms with Crippen LogP contribution in [0.1, 0.15) is 45.5 Å². The molecule has 1 fully saturated rings. The largest absolute Gasteiger partial charge is 0.457 e. The van der Waals surface area contributed by atoms with E-state index in [9.17, 15) is 4.79 Å². The Morgan fingerprint density at radius 3 is 2.38 bits per heavy atom. The molecule has 21 heavy (non-hydrogen) atoms. The van der Waals surface area contributed by atoms with E-state index in [1.807, 2.05) is 6.92 Å². The lowest BCUT2D eigenvalue weighted by Crippen LogP contribution is -2.48. The highest BCUT2D eigenvalue weighted by molar-refractivity contribution is 5.74. The van der Waals surface area contributed by atoms with Gasteiger partial charge in [0.05, 0.1) is 5.92 Å². The van der Waals surface area contributed by atoms with Crippen molar-refractivity contribution < 1.29 is 9.53 Å². The number of aryl methyl sites for hydroxylation is 1. The van der Waals surface area contributed by atoms with E-state index in [1.165, 1.54) is 0 Å². The van der Waals surface area contributed by atoms with Crippen LogP contribution in [0.5, 0.6) is 0 Å². The van der Waals surface area contributed by atoms with Crippen molar-refractivity contribution in [3.8, 4) is 0 Å². The van der Waals surface area contributed by atoms with Gasteiger partial charge in [-0.15, -0.1) is 0 Å². The van der Waals surface area contributed by atoms with Crippen molar-refractivity contribution in [1.82, 2.24) is 14.9 Å². The molecule has 1 aliphatic rings. The van der Waals surface area contributed by atoms with Gasteiger partial charge in [-0.25, -0.2) is 9.97 Å². The van der Waals surface area contributed by atoms with Gasteiger partial charge in [0, 0.05) is 23.5 Å². The first kappa shape index (κ1) is 15.9. The fraction of sp³-hybridized carbons (Fsp3) is 0.688. The zero-order valence-corrected chi connectivity index (χ0v) is 13.8. The Kier molecular flexibility index (Phi) is 4.06. The Labute approximate surface area is 126 Å². The van der Waals surface area contributed by atoms with E-state index in [4.69, 9.17) is 4.74 Å². The third-order valence-corrected chi connectivity index (χ3v) is 4.79. The second-order valence-electron chi connectivity index (χ2n) is 7.07. The lowest BCUT2D eigenvalue weighted by molar-refractivity contribution is -0.152. The fourth-order valence-electron chi connectivity index (χ4n) is 3.00. The summed E-state index contributed by atoms with van der Waals surface area (Å²) >= 11 is 0. The third-order valence-electron chi connectivity index (χ3n) is 4.79. The van der Waals surface area contributed by atoms with Crippen molar-refractivity contribution in [2.75, 3.05) is 7.05 Å². The number of carbonyl (C=O) groups excluding carboxylic acids is 1. The second-order valence-corrected chi connectivity index (χ2v) is 7.07. The number of aromatic nitrogens is 2. The first-order valence-corrected chi connectivity index (χ1v) is 7.33. The van der Waals surface area contributed by atoms with E-state index in [0.29, 0.717) is 5.82 Å². The Bertz CT molecular complexity index is 523. The Morgan fingerprint density at radius 1 is 1.33 bits per heavy atom. The van der Waals surface area contributed by atoms with Crippen LogP contribution in [0.2, 0.25) is 0 Å². The van der Waals surface area contributed by atoms with Gasteiger partial charge in [-0.3, -0.25) is 9.69 Å². The molecule has 0 spiro atoms. The molecule has 116 valence electrons. The second kappa shape index (κ2) is 5.37. The van der Waals surface area contributed by atoms with E-state index < -0.39 is 0 Å². The molecule has 0 saturated carbocycles. The average Bonchev–Trinajstić information content (AvgIpc) is 2.58. The summed E-state index contributed by atoms with van der Waals surface area (Å²) in [7, 11) is 2.07. The maximum atomic E-state index is 12.4. The van der Waals surface area contributed by atoms with Gasteiger partial charge in [-0.1, -0.05) is 0 Å². The molecule has 0 bridgehead atoms. The predicted molar refractivity (Wildman–Crippen MR) is 80.6 cm³/mol. The molecule has 0 aliphatic carbocycles. The number of nitrogens with zero attached hydrogens (tertiary/aromatic N) is 3. The van der Waals surface area contributed by atoms with Crippen molar-refractivity contribution >= 4 is 5.97 Å². The molecule has 0 amide bonds. The monoisotopic (exact) mass is 291 g/mol. The van der Waals surface area contributed by atoms with Crippen LogP contribution >= 0.6 is 0 Å². The SMILES string of the molecule is Cc1cnc(COC(=O)C2CC(C)(C)N(C)C2(C)C)nc1. The summed E-state index contributed by atoms with van der Waals surface area (Å²) in [5, 5.41) is 0. The zero-order chi connectivity index (χ0) is 15.8. The van der Waals surface area contributed by atoms with Gasteiger partial charge in [0.15, 0.2) is 12.4 Å². The van der Waals surface area contributed by atoms with Crippen LogP contribution < -0.4 is 0 Å². The van der Waals surface area contributed by atoms with Crippen molar-refractivity contribution in [1.29, 1.82) is 0 Å². The number of rotatable bonds is 3. The molecule has 1 aromatic rings. The summed E-state index contributed by atoms with van der Waals surface area (Å²) in [5.74, 6) is 0.238. The van der Waals surface area contributed by atoms with Gasteiger partial charge in [-0.05, 0) is 53.7 Å². The van der Waals surface area contributed by atoms with Crippen molar-refractivity contribution in [2.24, 2.45) is 5.92 Å². The maximum absolute atomic E-state index is 12.4. The molecule has 0 aromatic carbocycles. The van der Waals surface area contributed by atoms with Gasteiger partial charge in [0.25, 0.3) is 0 Å². The fourth-order valence-corrected chi connectivity index (χ4v) is 3.00. The first-order valence-electron chi connectivity index (χ1n) is 7.33. The number of ether oxygens (including phenoxy) is 1. The summed E-state index contributed by atoms with van der Waals surface area (Å²) < 4.78 is 5.44. The quantitative estimate of drug-likeness (QED) is 0.800. The standard InChI is InChI=1S/C16H25N3O2/c1-11-8-17-13(18-9-11)10-21-14(20)12-7-15(2,3)19(6)16(12,4)5/h8-9,12H,7,10H2,1-6H3. The summed E-state index contributed by atoms with van der Waals surface area (Å²) in [6.45, 7) is 10.6. The van der Waals surface area contributed by atoms with Gasteiger partial charge in [0.2, 0.25) is 0 Å². The summed E-state index contributed by atoms with van der Waals surface area (Å²) in [6, 6.07) is 0. The minimum Gasteiger partial charge on any atom is -0.457 e. The van der Waals surface area contributed by atoms with Crippen LogP contribution in [0.4, 0.5) is 0 Å². The highest BCUT2D eigenvalue weighted by Crippen LogP contribution is 2.44. The smallest absolute Gasteiger partial charge is 0.311 e. The molecule has 1 aromatic heterocycles. The number of hydrogen-bond donors (Lipinski definition) is 0. The molecule has 1 unspecified atom stereocenters. The molecule has 1 saturated heterocycles. The van der Waals surface area contributed by atoms with Crippen molar-refractivity contribution in [3.05, 3.63) is 23.8 Å². The number of carbonyl (C=O) groups is 1. The molecule has 0 radical (unpaired) electrons. The summed E-state index contributed by atoms with van der Waals surface area (Å²) in [5.41, 5.74) is 0.771. The number of likely N-dealkylation sites (tertiary alicyclic amines) is 1. The molecule has 2 rings (SSSR count). The van der Waals surface area contributed by atoms with Crippen LogP contribution in [0, 0.1) is 12.8 Å². The van der Waals surface area contributed by atoms with Crippen molar-refractivity contribution in [3.63, 3.8) is 0 Å². The minimum atomic E-state index is -0.214. The highest BCUT2D eigenvalue weighted by atomic mass is 16.5. The zero-order valence-electron chi connectivity index (χ0n) is 13.8. The third kappa shape index (κ3) is 3.07. The lowest BCUT2D eigenvalue weighted by atomic mass is 9.87. The number of esters is 1. The van der Waals surface area contributed by atoms with Crippen LogP contribution in [-0.2, 0) is 16.1 Å². The van der Waals surface area contributed by atoms with Gasteiger partial charge in [0.1, 0.15) is 0 Å². The topological polar surface area (TPSA) is 55.3 Å². The normalized spacial score (nSPS) is 24.0. The van der Waals surface area contributed by atoms with Gasteiger partial charge >= 0.3 is 5.97 Å². The van der Waals surface area contributed by atoms with Gasteiger partial charge in [-0.2, -0.15) is 0 Å². The van der Waals surface area contributed by atoms with E-state index in [0.717, 1.165) is 12.0 Å². The summed E-state index contributed by atoms with van der Waals surface area (Å²) in [4.78, 5) is 23.0. The maximum Gasteiger partial charge on any atom is 0.311 e. The van der Waals surface area contributed by atoms with Crippen LogP contribution in [0.15, 0.2) is 12.4 Å². The first-order chi connectivity index (χ1) is 9.64. The Morgan fingerprint density at radius 2 is 1.90 bits per heavy atom. The lowest BCUT2D eigenvalue weighted by Gasteiger charge is -2.37. The molecular formula is C16H25N3O2. The molecule has 0 N–H and O–H groups in total. The highest BCUT2D eigenvalue weighted by Gasteiger charge is 2.52. The average molecular weight is 291 g/mol. The van der Waals surface area contributed by atoms with Crippen LogP contribution in [0.25, 0.3) is 0 Å². The van der Waals surface area contributed by atoms with Crippen LogP contribution in [-0.4, -0.2) is 39.0 Å². The van der Waals surface area contributed by atoms with E-state index in [1.54, 1.807) is 12.4 Å². The summed E-state index contributed by atoms with van der Waals surface area (Å²) in [6.07, 6.45) is 4.25. The molecule has 1 atom stereocenters. The van der Waals surface area contributed by atoms with Crippen molar-refractivity contribution in [2.45, 2.75) is 58.7 Å². The van der Waals surface area contributed by atoms with Gasteiger partial charge < -0.3 is 4.74 Å². The molecule has 5 heteroatoms. The Hall–Kier alpha value is -1.49. The van der Waals surface area contributed by atoms with E-state index >= 15 is 0 Å². The minimum absolute atomic E-state index is 0.00640. The molecule has 5 nitrogen and oxygen atoms in total. The Balaban J connectivity index is 2.02. The molecular weight excluding hydrogens is 266 g/mol. The number of hydrogen-bond acceptors (Lipinski definition) is 5.